The number of benzene rings is 1. The molecule has 0 aliphatic carbocycles. The van der Waals surface area contributed by atoms with Crippen LogP contribution in [-0.4, -0.2) is 21.9 Å². The SMILES string of the molecule is CCOC(C)(C)c1noc([C@H](N)Cc2ccc(O)cc2)n1. The van der Waals surface area contributed by atoms with Crippen molar-refractivity contribution < 1.29 is 14.4 Å². The van der Waals surface area contributed by atoms with Crippen molar-refractivity contribution >= 4 is 0 Å². The van der Waals surface area contributed by atoms with E-state index in [1.54, 1.807) is 12.1 Å². The summed E-state index contributed by atoms with van der Waals surface area (Å²) in [5.74, 6) is 1.09. The number of hydrogen-bond donors (Lipinski definition) is 2. The number of hydrogen-bond acceptors (Lipinski definition) is 6. The molecule has 0 unspecified atom stereocenters. The molecule has 2 rings (SSSR count). The summed E-state index contributed by atoms with van der Waals surface area (Å²) in [7, 11) is 0. The second-order valence-electron chi connectivity index (χ2n) is 5.38. The Morgan fingerprint density at radius 2 is 2.00 bits per heavy atom. The molecule has 0 radical (unpaired) electrons. The highest BCUT2D eigenvalue weighted by Crippen LogP contribution is 2.24. The Morgan fingerprint density at radius 3 is 2.62 bits per heavy atom. The van der Waals surface area contributed by atoms with Crippen molar-refractivity contribution in [2.75, 3.05) is 6.61 Å². The maximum Gasteiger partial charge on any atom is 0.244 e. The average molecular weight is 291 g/mol. The first-order chi connectivity index (χ1) is 9.92. The number of phenolic OH excluding ortho intramolecular Hbond substituents is 1. The maximum atomic E-state index is 9.27. The lowest BCUT2D eigenvalue weighted by Gasteiger charge is -2.19. The highest BCUT2D eigenvalue weighted by molar-refractivity contribution is 5.26. The van der Waals surface area contributed by atoms with Gasteiger partial charge in [-0.3, -0.25) is 0 Å². The quantitative estimate of drug-likeness (QED) is 0.848. The van der Waals surface area contributed by atoms with Crippen LogP contribution in [0.1, 0.15) is 44.1 Å². The Hall–Kier alpha value is -1.92. The van der Waals surface area contributed by atoms with Gasteiger partial charge in [0.05, 0.1) is 6.04 Å². The molecule has 21 heavy (non-hydrogen) atoms. The minimum atomic E-state index is -0.602. The van der Waals surface area contributed by atoms with Gasteiger partial charge in [-0.25, -0.2) is 0 Å². The van der Waals surface area contributed by atoms with Crippen molar-refractivity contribution in [3.63, 3.8) is 0 Å². The van der Waals surface area contributed by atoms with E-state index in [1.165, 1.54) is 0 Å². The molecule has 6 nitrogen and oxygen atoms in total. The van der Waals surface area contributed by atoms with Gasteiger partial charge in [-0.05, 0) is 44.9 Å². The van der Waals surface area contributed by atoms with E-state index in [9.17, 15) is 5.11 Å². The molecule has 3 N–H and O–H groups in total. The van der Waals surface area contributed by atoms with Crippen molar-refractivity contribution in [3.8, 4) is 5.75 Å². The number of nitrogens with zero attached hydrogens (tertiary/aromatic N) is 2. The molecule has 1 aromatic heterocycles. The molecule has 6 heteroatoms. The summed E-state index contributed by atoms with van der Waals surface area (Å²) in [6.45, 7) is 6.25. The highest BCUT2D eigenvalue weighted by Gasteiger charge is 2.28. The topological polar surface area (TPSA) is 94.4 Å². The van der Waals surface area contributed by atoms with Crippen molar-refractivity contribution in [2.45, 2.75) is 38.8 Å². The van der Waals surface area contributed by atoms with E-state index in [1.807, 2.05) is 32.9 Å². The lowest BCUT2D eigenvalue weighted by Crippen LogP contribution is -2.23. The lowest BCUT2D eigenvalue weighted by atomic mass is 10.1. The van der Waals surface area contributed by atoms with Gasteiger partial charge in [-0.1, -0.05) is 17.3 Å². The molecule has 0 spiro atoms. The Balaban J connectivity index is 2.08. The summed E-state index contributed by atoms with van der Waals surface area (Å²) in [5.41, 5.74) is 6.48. The van der Waals surface area contributed by atoms with Crippen LogP contribution >= 0.6 is 0 Å². The third-order valence-electron chi connectivity index (χ3n) is 3.19. The average Bonchev–Trinajstić information content (AvgIpc) is 2.92. The molecule has 0 fully saturated rings. The van der Waals surface area contributed by atoms with E-state index in [0.29, 0.717) is 24.7 Å². The van der Waals surface area contributed by atoms with Gasteiger partial charge in [-0.2, -0.15) is 4.98 Å². The van der Waals surface area contributed by atoms with Crippen molar-refractivity contribution in [1.82, 2.24) is 10.1 Å². The molecular weight excluding hydrogens is 270 g/mol. The van der Waals surface area contributed by atoms with Gasteiger partial charge < -0.3 is 20.1 Å². The fourth-order valence-corrected chi connectivity index (χ4v) is 2.03. The summed E-state index contributed by atoms with van der Waals surface area (Å²) < 4.78 is 10.8. The third kappa shape index (κ3) is 3.80. The van der Waals surface area contributed by atoms with Crippen molar-refractivity contribution in [3.05, 3.63) is 41.5 Å². The van der Waals surface area contributed by atoms with Gasteiger partial charge in [0, 0.05) is 6.61 Å². The zero-order valence-corrected chi connectivity index (χ0v) is 12.5. The predicted molar refractivity (Wildman–Crippen MR) is 77.7 cm³/mol. The van der Waals surface area contributed by atoms with Crippen LogP contribution in [0.5, 0.6) is 5.75 Å². The van der Waals surface area contributed by atoms with Gasteiger partial charge in [0.2, 0.25) is 11.7 Å². The Bertz CT molecular complexity index is 578. The summed E-state index contributed by atoms with van der Waals surface area (Å²) in [5, 5.41) is 13.2. The van der Waals surface area contributed by atoms with Gasteiger partial charge in [0.25, 0.3) is 0 Å². The summed E-state index contributed by atoms with van der Waals surface area (Å²) in [6.07, 6.45) is 0.553. The van der Waals surface area contributed by atoms with Gasteiger partial charge in [-0.15, -0.1) is 0 Å². The molecule has 0 saturated carbocycles. The fourth-order valence-electron chi connectivity index (χ4n) is 2.03. The number of ether oxygens (including phenoxy) is 1. The molecule has 1 atom stereocenters. The minimum Gasteiger partial charge on any atom is -0.508 e. The summed E-state index contributed by atoms with van der Waals surface area (Å²) >= 11 is 0. The van der Waals surface area contributed by atoms with Crippen LogP contribution in [0.15, 0.2) is 28.8 Å². The molecule has 0 amide bonds. The zero-order chi connectivity index (χ0) is 15.5. The third-order valence-corrected chi connectivity index (χ3v) is 3.19. The molecule has 1 aromatic carbocycles. The van der Waals surface area contributed by atoms with E-state index in [2.05, 4.69) is 10.1 Å². The van der Waals surface area contributed by atoms with Gasteiger partial charge in [0.1, 0.15) is 11.4 Å². The van der Waals surface area contributed by atoms with Crippen LogP contribution in [0.25, 0.3) is 0 Å². The second kappa shape index (κ2) is 6.24. The number of aromatic nitrogens is 2. The monoisotopic (exact) mass is 291 g/mol. The van der Waals surface area contributed by atoms with Crippen LogP contribution in [0.2, 0.25) is 0 Å². The lowest BCUT2D eigenvalue weighted by molar-refractivity contribution is -0.0221. The van der Waals surface area contributed by atoms with Crippen LogP contribution in [0, 0.1) is 0 Å². The first kappa shape index (κ1) is 15.5. The van der Waals surface area contributed by atoms with E-state index in [-0.39, 0.29) is 5.75 Å². The zero-order valence-electron chi connectivity index (χ0n) is 12.5. The van der Waals surface area contributed by atoms with Crippen molar-refractivity contribution in [1.29, 1.82) is 0 Å². The second-order valence-corrected chi connectivity index (χ2v) is 5.38. The van der Waals surface area contributed by atoms with Crippen LogP contribution in [-0.2, 0) is 16.8 Å². The van der Waals surface area contributed by atoms with Gasteiger partial charge >= 0.3 is 0 Å². The number of phenols is 1. The largest absolute Gasteiger partial charge is 0.508 e. The van der Waals surface area contributed by atoms with Crippen molar-refractivity contribution in [2.24, 2.45) is 5.73 Å². The fraction of sp³-hybridized carbons (Fsp3) is 0.467. The normalized spacial score (nSPS) is 13.3. The van der Waals surface area contributed by atoms with E-state index in [0.717, 1.165) is 5.56 Å². The molecule has 0 bridgehead atoms. The first-order valence-electron chi connectivity index (χ1n) is 6.94. The summed E-state index contributed by atoms with van der Waals surface area (Å²) in [6, 6.07) is 6.49. The Labute approximate surface area is 123 Å². The Kier molecular flexibility index (Phi) is 4.59. The predicted octanol–water partition coefficient (Wildman–Crippen LogP) is 2.29. The standard InChI is InChI=1S/C15H21N3O3/c1-4-20-15(2,3)14-17-13(21-18-14)12(16)9-10-5-7-11(19)8-6-10/h5-8,12,19H,4,9,16H2,1-3H3/t12-/m1/s1. The molecule has 0 saturated heterocycles. The van der Waals surface area contributed by atoms with E-state index < -0.39 is 11.6 Å². The smallest absolute Gasteiger partial charge is 0.244 e. The highest BCUT2D eigenvalue weighted by atomic mass is 16.5. The van der Waals surface area contributed by atoms with Gasteiger partial charge in [0.15, 0.2) is 0 Å². The molecule has 0 aliphatic rings. The van der Waals surface area contributed by atoms with E-state index in [4.69, 9.17) is 15.0 Å². The maximum absolute atomic E-state index is 9.27. The Morgan fingerprint density at radius 1 is 1.33 bits per heavy atom. The summed E-state index contributed by atoms with van der Waals surface area (Å²) in [4.78, 5) is 4.34. The molecule has 2 aromatic rings. The molecule has 0 aliphatic heterocycles. The number of aromatic hydroxyl groups is 1. The van der Waals surface area contributed by atoms with Crippen LogP contribution < -0.4 is 5.73 Å². The number of rotatable bonds is 6. The number of nitrogens with two attached hydrogens (primary N) is 1. The molecular formula is C15H21N3O3. The van der Waals surface area contributed by atoms with Crippen LogP contribution in [0.4, 0.5) is 0 Å². The van der Waals surface area contributed by atoms with E-state index >= 15 is 0 Å². The van der Waals surface area contributed by atoms with Crippen LogP contribution in [0.3, 0.4) is 0 Å². The molecule has 114 valence electrons. The minimum absolute atomic E-state index is 0.228. The molecule has 1 heterocycles. The first-order valence-corrected chi connectivity index (χ1v) is 6.94.